The molecule has 1 N–H and O–H groups in total. The quantitative estimate of drug-likeness (QED) is 0.860. The number of rotatable bonds is 6. The van der Waals surface area contributed by atoms with Crippen molar-refractivity contribution in [1.29, 1.82) is 0 Å². The molecule has 0 radical (unpaired) electrons. The minimum atomic E-state index is -0.511. The molecule has 0 saturated carbocycles. The second kappa shape index (κ2) is 7.07. The average molecular weight is 278 g/mol. The maximum Gasteiger partial charge on any atom is 0.124 e. The molecule has 1 heterocycles. The van der Waals surface area contributed by atoms with Crippen LogP contribution in [-0.2, 0) is 0 Å². The number of nitrogens with zero attached hydrogens (tertiary/aromatic N) is 2. The monoisotopic (exact) mass is 278 g/mol. The highest BCUT2D eigenvalue weighted by atomic mass is 16.5. The Morgan fingerprint density at radius 3 is 2.85 bits per heavy atom. The van der Waals surface area contributed by atoms with Crippen molar-refractivity contribution in [2.75, 3.05) is 40.8 Å². The van der Waals surface area contributed by atoms with Crippen LogP contribution in [0.4, 0.5) is 0 Å². The summed E-state index contributed by atoms with van der Waals surface area (Å²) in [6.07, 6.45) is 2.03. The van der Waals surface area contributed by atoms with Gasteiger partial charge in [0.05, 0.1) is 13.2 Å². The van der Waals surface area contributed by atoms with Gasteiger partial charge in [0.2, 0.25) is 0 Å². The molecule has 20 heavy (non-hydrogen) atoms. The maximum absolute atomic E-state index is 10.4. The molecule has 0 amide bonds. The second-order valence-electron chi connectivity index (χ2n) is 5.76. The summed E-state index contributed by atoms with van der Waals surface area (Å²) < 4.78 is 5.31. The summed E-state index contributed by atoms with van der Waals surface area (Å²) in [7, 11) is 5.90. The minimum Gasteiger partial charge on any atom is -0.496 e. The Morgan fingerprint density at radius 1 is 1.45 bits per heavy atom. The summed E-state index contributed by atoms with van der Waals surface area (Å²) in [4.78, 5) is 4.62. The molecular weight excluding hydrogens is 252 g/mol. The molecular formula is C16H26N2O2. The molecule has 1 fully saturated rings. The molecule has 2 atom stereocenters. The first-order valence-corrected chi connectivity index (χ1v) is 7.31. The number of likely N-dealkylation sites (N-methyl/N-ethyl adjacent to an activating group) is 2. The molecule has 2 unspecified atom stereocenters. The molecule has 1 aromatic rings. The second-order valence-corrected chi connectivity index (χ2v) is 5.76. The van der Waals surface area contributed by atoms with Crippen LogP contribution in [0.15, 0.2) is 24.3 Å². The number of methoxy groups -OCH3 is 1. The predicted octanol–water partition coefficient (Wildman–Crippen LogP) is 1.75. The van der Waals surface area contributed by atoms with Gasteiger partial charge < -0.3 is 19.6 Å². The Labute approximate surface area is 122 Å². The molecule has 1 aromatic carbocycles. The van der Waals surface area contributed by atoms with E-state index < -0.39 is 6.10 Å². The molecule has 112 valence electrons. The standard InChI is InChI=1S/C16H26N2O2/c1-17(11-13-7-6-10-18(13)2)12-15(19)14-8-4-5-9-16(14)20-3/h4-5,8-9,13,15,19H,6-7,10-12H2,1-3H3. The smallest absolute Gasteiger partial charge is 0.124 e. The highest BCUT2D eigenvalue weighted by Gasteiger charge is 2.23. The molecule has 0 aromatic heterocycles. The zero-order valence-electron chi connectivity index (χ0n) is 12.7. The molecule has 0 spiro atoms. The van der Waals surface area contributed by atoms with Gasteiger partial charge in [0.15, 0.2) is 0 Å². The van der Waals surface area contributed by atoms with Crippen LogP contribution in [0.25, 0.3) is 0 Å². The third-order valence-corrected chi connectivity index (χ3v) is 4.18. The van der Waals surface area contributed by atoms with E-state index in [4.69, 9.17) is 4.74 Å². The van der Waals surface area contributed by atoms with Crippen molar-refractivity contribution in [2.45, 2.75) is 25.0 Å². The molecule has 0 bridgehead atoms. The van der Waals surface area contributed by atoms with E-state index in [1.165, 1.54) is 19.4 Å². The van der Waals surface area contributed by atoms with Gasteiger partial charge in [-0.25, -0.2) is 0 Å². The van der Waals surface area contributed by atoms with Gasteiger partial charge in [-0.2, -0.15) is 0 Å². The Balaban J connectivity index is 1.91. The largest absolute Gasteiger partial charge is 0.496 e. The van der Waals surface area contributed by atoms with E-state index >= 15 is 0 Å². The van der Waals surface area contributed by atoms with E-state index in [0.29, 0.717) is 12.6 Å². The SMILES string of the molecule is COc1ccccc1C(O)CN(C)CC1CCCN1C. The molecule has 1 aliphatic rings. The number of para-hydroxylation sites is 1. The fraction of sp³-hybridized carbons (Fsp3) is 0.625. The van der Waals surface area contributed by atoms with Gasteiger partial charge >= 0.3 is 0 Å². The summed E-state index contributed by atoms with van der Waals surface area (Å²) in [6, 6.07) is 8.30. The fourth-order valence-corrected chi connectivity index (χ4v) is 2.98. The Kier molecular flexibility index (Phi) is 5.40. The number of aliphatic hydroxyl groups excluding tert-OH is 1. The first-order valence-electron chi connectivity index (χ1n) is 7.31. The summed E-state index contributed by atoms with van der Waals surface area (Å²) in [5, 5.41) is 10.4. The number of hydrogen-bond acceptors (Lipinski definition) is 4. The lowest BCUT2D eigenvalue weighted by atomic mass is 10.1. The van der Waals surface area contributed by atoms with Gasteiger partial charge in [0.25, 0.3) is 0 Å². The fourth-order valence-electron chi connectivity index (χ4n) is 2.98. The number of aliphatic hydroxyl groups is 1. The van der Waals surface area contributed by atoms with Gasteiger partial charge in [-0.3, -0.25) is 0 Å². The highest BCUT2D eigenvalue weighted by Crippen LogP contribution is 2.25. The van der Waals surface area contributed by atoms with E-state index in [-0.39, 0.29) is 0 Å². The third kappa shape index (κ3) is 3.72. The summed E-state index contributed by atoms with van der Waals surface area (Å²) in [6.45, 7) is 2.82. The molecule has 2 rings (SSSR count). The van der Waals surface area contributed by atoms with Crippen LogP contribution >= 0.6 is 0 Å². The van der Waals surface area contributed by atoms with E-state index in [2.05, 4.69) is 23.9 Å². The van der Waals surface area contributed by atoms with Crippen LogP contribution in [-0.4, -0.2) is 61.8 Å². The van der Waals surface area contributed by atoms with Crippen LogP contribution in [0.2, 0.25) is 0 Å². The normalized spacial score (nSPS) is 21.4. The zero-order chi connectivity index (χ0) is 14.5. The number of ether oxygens (including phenoxy) is 1. The van der Waals surface area contributed by atoms with Gasteiger partial charge in [-0.15, -0.1) is 0 Å². The molecule has 0 aliphatic carbocycles. The van der Waals surface area contributed by atoms with Crippen LogP contribution in [0.1, 0.15) is 24.5 Å². The number of hydrogen-bond donors (Lipinski definition) is 1. The Hall–Kier alpha value is -1.10. The number of likely N-dealkylation sites (tertiary alicyclic amines) is 1. The average Bonchev–Trinajstić information content (AvgIpc) is 2.84. The maximum atomic E-state index is 10.4. The third-order valence-electron chi connectivity index (χ3n) is 4.18. The molecule has 1 aliphatic heterocycles. The first kappa shape index (κ1) is 15.3. The highest BCUT2D eigenvalue weighted by molar-refractivity contribution is 5.35. The minimum absolute atomic E-state index is 0.511. The summed E-state index contributed by atoms with van der Waals surface area (Å²) in [5.74, 6) is 0.756. The van der Waals surface area contributed by atoms with Crippen molar-refractivity contribution in [1.82, 2.24) is 9.80 Å². The lowest BCUT2D eigenvalue weighted by molar-refractivity contribution is 0.110. The van der Waals surface area contributed by atoms with Crippen LogP contribution in [0.5, 0.6) is 5.75 Å². The number of benzene rings is 1. The lowest BCUT2D eigenvalue weighted by Gasteiger charge is -2.27. The molecule has 1 saturated heterocycles. The van der Waals surface area contributed by atoms with Crippen LogP contribution < -0.4 is 4.74 Å². The topological polar surface area (TPSA) is 35.9 Å². The first-order chi connectivity index (χ1) is 9.61. The van der Waals surface area contributed by atoms with Crippen molar-refractivity contribution < 1.29 is 9.84 Å². The Morgan fingerprint density at radius 2 is 2.20 bits per heavy atom. The van der Waals surface area contributed by atoms with Crippen molar-refractivity contribution in [2.24, 2.45) is 0 Å². The zero-order valence-corrected chi connectivity index (χ0v) is 12.7. The van der Waals surface area contributed by atoms with Gasteiger partial charge in [0, 0.05) is 24.7 Å². The molecule has 4 heteroatoms. The van der Waals surface area contributed by atoms with Gasteiger partial charge in [-0.05, 0) is 39.5 Å². The van der Waals surface area contributed by atoms with Crippen LogP contribution in [0, 0.1) is 0 Å². The van der Waals surface area contributed by atoms with Crippen molar-refractivity contribution in [3.05, 3.63) is 29.8 Å². The van der Waals surface area contributed by atoms with Crippen LogP contribution in [0.3, 0.4) is 0 Å². The van der Waals surface area contributed by atoms with Crippen molar-refractivity contribution in [3.8, 4) is 5.75 Å². The van der Waals surface area contributed by atoms with Gasteiger partial charge in [-0.1, -0.05) is 18.2 Å². The van der Waals surface area contributed by atoms with Crippen molar-refractivity contribution in [3.63, 3.8) is 0 Å². The van der Waals surface area contributed by atoms with E-state index in [0.717, 1.165) is 17.9 Å². The Bertz CT molecular complexity index is 425. The lowest BCUT2D eigenvalue weighted by Crippen LogP contribution is -2.38. The summed E-state index contributed by atoms with van der Waals surface area (Å²) >= 11 is 0. The van der Waals surface area contributed by atoms with Crippen molar-refractivity contribution >= 4 is 0 Å². The molecule has 4 nitrogen and oxygen atoms in total. The summed E-state index contributed by atoms with van der Waals surface area (Å²) in [5.41, 5.74) is 0.863. The van der Waals surface area contributed by atoms with E-state index in [9.17, 15) is 5.11 Å². The van der Waals surface area contributed by atoms with E-state index in [1.54, 1.807) is 7.11 Å². The van der Waals surface area contributed by atoms with Gasteiger partial charge in [0.1, 0.15) is 5.75 Å². The predicted molar refractivity (Wildman–Crippen MR) is 81.1 cm³/mol. The van der Waals surface area contributed by atoms with E-state index in [1.807, 2.05) is 24.3 Å².